The number of fused-ring (bicyclic) bond motifs is 1. The maximum Gasteiger partial charge on any atom is 0.231 e. The van der Waals surface area contributed by atoms with Gasteiger partial charge in [-0.1, -0.05) is 39.0 Å². The molecule has 0 spiro atoms. The van der Waals surface area contributed by atoms with E-state index in [9.17, 15) is 9.59 Å². The number of guanidine groups is 1. The van der Waals surface area contributed by atoms with E-state index in [1.807, 2.05) is 52.0 Å². The van der Waals surface area contributed by atoms with Crippen LogP contribution in [0, 0.1) is 23.2 Å². The molecule has 2 fully saturated rings. The summed E-state index contributed by atoms with van der Waals surface area (Å²) in [7, 11) is 0. The molecule has 3 aliphatic rings. The van der Waals surface area contributed by atoms with Gasteiger partial charge in [-0.2, -0.15) is 0 Å². The van der Waals surface area contributed by atoms with Crippen LogP contribution in [0.15, 0.2) is 24.3 Å². The Bertz CT molecular complexity index is 904. The lowest BCUT2D eigenvalue weighted by Crippen LogP contribution is -2.62. The Balaban J connectivity index is 1.41. The van der Waals surface area contributed by atoms with Crippen molar-refractivity contribution in [2.24, 2.45) is 17.8 Å². The minimum absolute atomic E-state index is 0.0178. The highest BCUT2D eigenvalue weighted by Crippen LogP contribution is 2.48. The van der Waals surface area contributed by atoms with Gasteiger partial charge in [0, 0.05) is 30.0 Å². The molecular weight excluding hydrogens is 404 g/mol. The highest BCUT2D eigenvalue weighted by Gasteiger charge is 2.54. The van der Waals surface area contributed by atoms with E-state index in [0.29, 0.717) is 19.4 Å². The molecule has 2 amide bonds. The molecule has 2 heterocycles. The van der Waals surface area contributed by atoms with Crippen LogP contribution in [0.1, 0.15) is 71.9 Å². The molecule has 1 saturated heterocycles. The summed E-state index contributed by atoms with van der Waals surface area (Å²) in [4.78, 5) is 27.6. The molecule has 0 radical (unpaired) electrons. The second-order valence-corrected chi connectivity index (χ2v) is 10.4. The van der Waals surface area contributed by atoms with Crippen LogP contribution >= 0.6 is 0 Å². The van der Waals surface area contributed by atoms with Gasteiger partial charge in [-0.05, 0) is 44.6 Å². The average Bonchev–Trinajstić information content (AvgIpc) is 3.38. The van der Waals surface area contributed by atoms with Crippen molar-refractivity contribution in [3.63, 3.8) is 0 Å². The molecular formula is C25H36N4O3. The third-order valence-corrected chi connectivity index (χ3v) is 7.75. The van der Waals surface area contributed by atoms with Crippen LogP contribution in [0.4, 0.5) is 0 Å². The van der Waals surface area contributed by atoms with Crippen LogP contribution < -0.4 is 15.4 Å². The number of rotatable bonds is 6. The summed E-state index contributed by atoms with van der Waals surface area (Å²) in [6.45, 7) is 10.7. The fourth-order valence-corrected chi connectivity index (χ4v) is 5.41. The number of ether oxygens (including phenoxy) is 1. The second kappa shape index (κ2) is 8.09. The third kappa shape index (κ3) is 4.09. The second-order valence-electron chi connectivity index (χ2n) is 10.4. The van der Waals surface area contributed by atoms with E-state index in [4.69, 9.17) is 10.1 Å². The molecule has 1 aliphatic carbocycles. The topological polar surface area (TPSA) is 94.5 Å². The Kier molecular flexibility index (Phi) is 5.72. The average molecular weight is 441 g/mol. The minimum Gasteiger partial charge on any atom is -0.487 e. The van der Waals surface area contributed by atoms with Gasteiger partial charge in [-0.25, -0.2) is 0 Å². The standard InChI is InChI=1S/C25H36N4O3/c1-6-25(7-2)13-20(30)29(23(26)28-25)14-17-15(3)21(17)22(31)27-18-12-24(4,5)32-19-11-9-8-10-16(18)19/h8-11,15,17-18,21H,6-7,12-14H2,1-5H3,(H2,26,28)(H,27,31)/t15?,17?,18-,21?/m0/s1. The van der Waals surface area contributed by atoms with Crippen molar-refractivity contribution >= 4 is 17.8 Å². The van der Waals surface area contributed by atoms with Gasteiger partial charge >= 0.3 is 0 Å². The lowest BCUT2D eigenvalue weighted by molar-refractivity contribution is -0.131. The molecule has 32 heavy (non-hydrogen) atoms. The maximum atomic E-state index is 13.2. The molecule has 2 aliphatic heterocycles. The molecule has 1 aromatic carbocycles. The van der Waals surface area contributed by atoms with Crippen molar-refractivity contribution in [3.05, 3.63) is 29.8 Å². The van der Waals surface area contributed by atoms with Gasteiger partial charge in [-0.3, -0.25) is 19.9 Å². The Morgan fingerprint density at radius 1 is 1.28 bits per heavy atom. The molecule has 0 aromatic heterocycles. The van der Waals surface area contributed by atoms with Crippen LogP contribution in [0.5, 0.6) is 5.75 Å². The minimum atomic E-state index is -0.354. The number of hydrogen-bond donors (Lipinski definition) is 3. The van der Waals surface area contributed by atoms with E-state index < -0.39 is 0 Å². The molecule has 7 heteroatoms. The Hall–Kier alpha value is -2.57. The van der Waals surface area contributed by atoms with Crippen LogP contribution in [-0.2, 0) is 9.59 Å². The fraction of sp³-hybridized carbons (Fsp3) is 0.640. The summed E-state index contributed by atoms with van der Waals surface area (Å²) in [6.07, 6.45) is 2.71. The molecule has 7 nitrogen and oxygen atoms in total. The number of hydrogen-bond acceptors (Lipinski definition) is 4. The molecule has 3 N–H and O–H groups in total. The smallest absolute Gasteiger partial charge is 0.231 e. The van der Waals surface area contributed by atoms with Crippen LogP contribution in [0.2, 0.25) is 0 Å². The SMILES string of the molecule is CCC1(CC)CC(=O)N(CC2C(C)C2C(=O)N[C@H]2CC(C)(C)Oc3ccccc32)C(=N)N1. The lowest BCUT2D eigenvalue weighted by Gasteiger charge is -2.42. The first-order valence-electron chi connectivity index (χ1n) is 11.8. The molecule has 3 unspecified atom stereocenters. The Labute approximate surface area is 190 Å². The number of para-hydroxylation sites is 1. The zero-order valence-electron chi connectivity index (χ0n) is 19.8. The van der Waals surface area contributed by atoms with Crippen molar-refractivity contribution in [2.45, 2.75) is 77.5 Å². The first kappa shape index (κ1) is 22.6. The number of carbonyl (C=O) groups is 2. The van der Waals surface area contributed by atoms with Gasteiger partial charge in [-0.15, -0.1) is 0 Å². The zero-order chi connectivity index (χ0) is 23.3. The largest absolute Gasteiger partial charge is 0.487 e. The summed E-state index contributed by atoms with van der Waals surface area (Å²) < 4.78 is 6.08. The van der Waals surface area contributed by atoms with Gasteiger partial charge in [0.25, 0.3) is 0 Å². The van der Waals surface area contributed by atoms with Crippen molar-refractivity contribution in [3.8, 4) is 5.75 Å². The van der Waals surface area contributed by atoms with E-state index >= 15 is 0 Å². The number of amides is 2. The lowest BCUT2D eigenvalue weighted by atomic mass is 9.87. The van der Waals surface area contributed by atoms with E-state index in [1.165, 1.54) is 4.90 Å². The molecule has 174 valence electrons. The van der Waals surface area contributed by atoms with Crippen molar-refractivity contribution < 1.29 is 14.3 Å². The number of carbonyl (C=O) groups excluding carboxylic acids is 2. The van der Waals surface area contributed by atoms with Gasteiger partial charge in [0.1, 0.15) is 11.4 Å². The summed E-state index contributed by atoms with van der Waals surface area (Å²) in [5.41, 5.74) is 0.338. The van der Waals surface area contributed by atoms with E-state index in [1.54, 1.807) is 0 Å². The highest BCUT2D eigenvalue weighted by molar-refractivity contribution is 5.99. The van der Waals surface area contributed by atoms with Gasteiger partial charge < -0.3 is 15.4 Å². The van der Waals surface area contributed by atoms with Crippen molar-refractivity contribution in [2.75, 3.05) is 6.54 Å². The predicted octanol–water partition coefficient (Wildman–Crippen LogP) is 3.60. The molecule has 0 bridgehead atoms. The van der Waals surface area contributed by atoms with Crippen LogP contribution in [0.3, 0.4) is 0 Å². The summed E-state index contributed by atoms with van der Waals surface area (Å²) >= 11 is 0. The zero-order valence-corrected chi connectivity index (χ0v) is 19.8. The fourth-order valence-electron chi connectivity index (χ4n) is 5.41. The number of nitrogens with zero attached hydrogens (tertiary/aromatic N) is 1. The Morgan fingerprint density at radius 2 is 1.97 bits per heavy atom. The predicted molar refractivity (Wildman–Crippen MR) is 123 cm³/mol. The van der Waals surface area contributed by atoms with Gasteiger partial charge in [0.2, 0.25) is 11.8 Å². The van der Waals surface area contributed by atoms with E-state index in [-0.39, 0.29) is 52.7 Å². The summed E-state index contributed by atoms with van der Waals surface area (Å²) in [6, 6.07) is 7.78. The van der Waals surface area contributed by atoms with E-state index in [2.05, 4.69) is 17.6 Å². The monoisotopic (exact) mass is 440 g/mol. The molecule has 4 atom stereocenters. The molecule has 1 aromatic rings. The quantitative estimate of drug-likeness (QED) is 0.630. The van der Waals surface area contributed by atoms with Crippen molar-refractivity contribution in [1.82, 2.24) is 15.5 Å². The third-order valence-electron chi connectivity index (χ3n) is 7.75. The van der Waals surface area contributed by atoms with Crippen LogP contribution in [0.25, 0.3) is 0 Å². The highest BCUT2D eigenvalue weighted by atomic mass is 16.5. The first-order valence-corrected chi connectivity index (χ1v) is 11.8. The van der Waals surface area contributed by atoms with Gasteiger partial charge in [0.15, 0.2) is 5.96 Å². The molecule has 4 rings (SSSR count). The Morgan fingerprint density at radius 3 is 2.62 bits per heavy atom. The first-order chi connectivity index (χ1) is 15.1. The van der Waals surface area contributed by atoms with Crippen LogP contribution in [-0.4, -0.2) is 40.4 Å². The molecule has 1 saturated carbocycles. The summed E-state index contributed by atoms with van der Waals surface area (Å²) in [5, 5.41) is 14.9. The maximum absolute atomic E-state index is 13.2. The number of benzene rings is 1. The van der Waals surface area contributed by atoms with Gasteiger partial charge in [0.05, 0.1) is 12.5 Å². The normalized spacial score (nSPS) is 30.1. The number of nitrogens with one attached hydrogen (secondary N) is 3. The summed E-state index contributed by atoms with van der Waals surface area (Å²) in [5.74, 6) is 1.11. The van der Waals surface area contributed by atoms with Crippen molar-refractivity contribution in [1.29, 1.82) is 5.41 Å². The van der Waals surface area contributed by atoms with E-state index in [0.717, 1.165) is 24.2 Å².